The summed E-state index contributed by atoms with van der Waals surface area (Å²) in [7, 11) is 3.14. The maximum atomic E-state index is 13.2. The number of phenols is 1. The lowest BCUT2D eigenvalue weighted by Crippen LogP contribution is -2.09. The van der Waals surface area contributed by atoms with Crippen molar-refractivity contribution in [1.82, 2.24) is 0 Å². The van der Waals surface area contributed by atoms with Gasteiger partial charge in [0.25, 0.3) is 0 Å². The molecule has 25 heavy (non-hydrogen) atoms. The van der Waals surface area contributed by atoms with Crippen molar-refractivity contribution in [3.05, 3.63) is 53.1 Å². The van der Waals surface area contributed by atoms with E-state index >= 15 is 0 Å². The van der Waals surface area contributed by atoms with Crippen molar-refractivity contribution in [2.45, 2.75) is 26.7 Å². The van der Waals surface area contributed by atoms with Crippen LogP contribution in [0.1, 0.15) is 41.3 Å². The summed E-state index contributed by atoms with van der Waals surface area (Å²) in [5, 5.41) is 10.0. The normalized spacial score (nSPS) is 20.8. The SMILES string of the molecule is COc1ccc(OC)c(C(=O)C2C(c3ccc(C)c(O)c3)C2(C)C)c1. The molecule has 0 bridgehead atoms. The fourth-order valence-corrected chi connectivity index (χ4v) is 3.74. The second-order valence-electron chi connectivity index (χ2n) is 7.25. The standard InChI is InChI=1S/C21H24O4/c1-12-6-7-13(10-16(12)22)18-19(21(18,2)3)20(23)15-11-14(24-4)8-9-17(15)25-5/h6-11,18-19,22H,1-5H3. The number of carbonyl (C=O) groups excluding carboxylic acids is 1. The molecular formula is C21H24O4. The van der Waals surface area contributed by atoms with E-state index in [2.05, 4.69) is 13.8 Å². The molecule has 1 aliphatic carbocycles. The van der Waals surface area contributed by atoms with Gasteiger partial charge in [-0.2, -0.15) is 0 Å². The maximum Gasteiger partial charge on any atom is 0.170 e. The predicted molar refractivity (Wildman–Crippen MR) is 96.7 cm³/mol. The van der Waals surface area contributed by atoms with E-state index in [9.17, 15) is 9.90 Å². The molecule has 1 N–H and O–H groups in total. The van der Waals surface area contributed by atoms with E-state index in [1.807, 2.05) is 19.1 Å². The van der Waals surface area contributed by atoms with Crippen LogP contribution in [0.5, 0.6) is 17.2 Å². The van der Waals surface area contributed by atoms with Crippen molar-refractivity contribution in [3.8, 4) is 17.2 Å². The molecule has 4 nitrogen and oxygen atoms in total. The molecule has 4 heteroatoms. The first-order valence-electron chi connectivity index (χ1n) is 8.37. The van der Waals surface area contributed by atoms with E-state index in [0.29, 0.717) is 17.1 Å². The van der Waals surface area contributed by atoms with E-state index in [4.69, 9.17) is 9.47 Å². The topological polar surface area (TPSA) is 55.8 Å². The Labute approximate surface area is 148 Å². The van der Waals surface area contributed by atoms with Gasteiger partial charge >= 0.3 is 0 Å². The number of ketones is 1. The second-order valence-corrected chi connectivity index (χ2v) is 7.25. The van der Waals surface area contributed by atoms with Crippen LogP contribution in [-0.2, 0) is 0 Å². The summed E-state index contributed by atoms with van der Waals surface area (Å²) in [4.78, 5) is 13.2. The average Bonchev–Trinajstić information content (AvgIpc) is 3.18. The van der Waals surface area contributed by atoms with Crippen LogP contribution in [0.15, 0.2) is 36.4 Å². The zero-order valence-electron chi connectivity index (χ0n) is 15.3. The summed E-state index contributed by atoms with van der Waals surface area (Å²) in [5.74, 6) is 1.42. The summed E-state index contributed by atoms with van der Waals surface area (Å²) in [5.41, 5.74) is 2.19. The highest BCUT2D eigenvalue weighted by Crippen LogP contribution is 2.66. The van der Waals surface area contributed by atoms with Gasteiger partial charge in [0.05, 0.1) is 19.8 Å². The highest BCUT2D eigenvalue weighted by atomic mass is 16.5. The fourth-order valence-electron chi connectivity index (χ4n) is 3.74. The van der Waals surface area contributed by atoms with Gasteiger partial charge in [0.15, 0.2) is 5.78 Å². The Balaban J connectivity index is 1.96. The van der Waals surface area contributed by atoms with Crippen molar-refractivity contribution in [2.24, 2.45) is 11.3 Å². The van der Waals surface area contributed by atoms with Gasteiger partial charge in [-0.3, -0.25) is 4.79 Å². The van der Waals surface area contributed by atoms with Gasteiger partial charge in [0.2, 0.25) is 0 Å². The van der Waals surface area contributed by atoms with E-state index in [1.54, 1.807) is 38.5 Å². The van der Waals surface area contributed by atoms with Gasteiger partial charge in [-0.1, -0.05) is 26.0 Å². The lowest BCUT2D eigenvalue weighted by Gasteiger charge is -2.10. The number of ether oxygens (including phenoxy) is 2. The molecule has 0 amide bonds. The Morgan fingerprint density at radius 2 is 1.80 bits per heavy atom. The summed E-state index contributed by atoms with van der Waals surface area (Å²) in [6.45, 7) is 6.04. The lowest BCUT2D eigenvalue weighted by atomic mass is 10.0. The second kappa shape index (κ2) is 6.10. The average molecular weight is 340 g/mol. The third kappa shape index (κ3) is 2.86. The number of rotatable bonds is 5. The van der Waals surface area contributed by atoms with Crippen molar-refractivity contribution in [1.29, 1.82) is 0 Å². The number of methoxy groups -OCH3 is 2. The number of hydrogen-bond donors (Lipinski definition) is 1. The number of benzene rings is 2. The predicted octanol–water partition coefficient (Wildman–Crippen LogP) is 4.34. The molecule has 0 radical (unpaired) electrons. The third-order valence-corrected chi connectivity index (χ3v) is 5.37. The molecule has 2 aromatic rings. The molecule has 3 rings (SSSR count). The number of Topliss-reactive ketones (excluding diaryl/α,β-unsaturated/α-hetero) is 1. The number of aromatic hydroxyl groups is 1. The van der Waals surface area contributed by atoms with E-state index in [1.165, 1.54) is 0 Å². The minimum Gasteiger partial charge on any atom is -0.508 e. The Morgan fingerprint density at radius 1 is 1.08 bits per heavy atom. The summed E-state index contributed by atoms with van der Waals surface area (Å²) in [6.07, 6.45) is 0. The molecule has 132 valence electrons. The lowest BCUT2D eigenvalue weighted by molar-refractivity contribution is 0.0948. The van der Waals surface area contributed by atoms with Gasteiger partial charge in [-0.05, 0) is 47.7 Å². The van der Waals surface area contributed by atoms with Crippen LogP contribution in [0.25, 0.3) is 0 Å². The third-order valence-electron chi connectivity index (χ3n) is 5.37. The molecule has 2 atom stereocenters. The number of phenolic OH excluding ortho intramolecular Hbond substituents is 1. The van der Waals surface area contributed by atoms with Gasteiger partial charge in [0.1, 0.15) is 17.2 Å². The number of aryl methyl sites for hydroxylation is 1. The van der Waals surface area contributed by atoms with Crippen LogP contribution in [0.2, 0.25) is 0 Å². The van der Waals surface area contributed by atoms with Crippen molar-refractivity contribution in [3.63, 3.8) is 0 Å². The van der Waals surface area contributed by atoms with Gasteiger partial charge in [0, 0.05) is 11.8 Å². The van der Waals surface area contributed by atoms with Crippen LogP contribution >= 0.6 is 0 Å². The number of carbonyl (C=O) groups is 1. The van der Waals surface area contributed by atoms with Crippen molar-refractivity contribution in [2.75, 3.05) is 14.2 Å². The molecule has 0 saturated heterocycles. The smallest absolute Gasteiger partial charge is 0.170 e. The molecule has 0 aliphatic heterocycles. The van der Waals surface area contributed by atoms with Crippen LogP contribution < -0.4 is 9.47 Å². The largest absolute Gasteiger partial charge is 0.508 e. The molecule has 1 saturated carbocycles. The molecule has 2 unspecified atom stereocenters. The quantitative estimate of drug-likeness (QED) is 0.823. The summed E-state index contributed by atoms with van der Waals surface area (Å²) < 4.78 is 10.6. The van der Waals surface area contributed by atoms with Crippen LogP contribution in [0, 0.1) is 18.3 Å². The Kier molecular flexibility index (Phi) is 4.23. The van der Waals surface area contributed by atoms with Gasteiger partial charge < -0.3 is 14.6 Å². The maximum absolute atomic E-state index is 13.2. The Hall–Kier alpha value is -2.49. The van der Waals surface area contributed by atoms with Crippen molar-refractivity contribution >= 4 is 5.78 Å². The van der Waals surface area contributed by atoms with Gasteiger partial charge in [-0.25, -0.2) is 0 Å². The monoisotopic (exact) mass is 340 g/mol. The first kappa shape index (κ1) is 17.3. The minimum atomic E-state index is -0.174. The summed E-state index contributed by atoms with van der Waals surface area (Å²) in [6, 6.07) is 10.9. The van der Waals surface area contributed by atoms with E-state index in [0.717, 1.165) is 11.1 Å². The molecule has 1 aliphatic rings. The van der Waals surface area contributed by atoms with E-state index in [-0.39, 0.29) is 28.8 Å². The van der Waals surface area contributed by atoms with Crippen molar-refractivity contribution < 1.29 is 19.4 Å². The van der Waals surface area contributed by atoms with Gasteiger partial charge in [-0.15, -0.1) is 0 Å². The molecule has 2 aromatic carbocycles. The number of hydrogen-bond acceptors (Lipinski definition) is 4. The van der Waals surface area contributed by atoms with Crippen LogP contribution in [0.3, 0.4) is 0 Å². The molecular weight excluding hydrogens is 316 g/mol. The molecule has 0 heterocycles. The molecule has 1 fully saturated rings. The first-order valence-corrected chi connectivity index (χ1v) is 8.37. The first-order chi connectivity index (χ1) is 11.8. The zero-order chi connectivity index (χ0) is 18.4. The van der Waals surface area contributed by atoms with E-state index < -0.39 is 0 Å². The molecule has 0 aromatic heterocycles. The van der Waals surface area contributed by atoms with Crippen LogP contribution in [0.4, 0.5) is 0 Å². The zero-order valence-corrected chi connectivity index (χ0v) is 15.3. The van der Waals surface area contributed by atoms with Crippen LogP contribution in [-0.4, -0.2) is 25.1 Å². The highest BCUT2D eigenvalue weighted by molar-refractivity contribution is 6.03. The highest BCUT2D eigenvalue weighted by Gasteiger charge is 2.62. The molecule has 0 spiro atoms. The minimum absolute atomic E-state index is 0.0471. The Bertz CT molecular complexity index is 823. The summed E-state index contributed by atoms with van der Waals surface area (Å²) >= 11 is 0. The fraction of sp³-hybridized carbons (Fsp3) is 0.381. The Morgan fingerprint density at radius 3 is 2.40 bits per heavy atom.